The summed E-state index contributed by atoms with van der Waals surface area (Å²) in [4.78, 5) is 10.9. The third kappa shape index (κ3) is 6.37. The first-order valence-electron chi connectivity index (χ1n) is 8.63. The van der Waals surface area contributed by atoms with Gasteiger partial charge in [-0.05, 0) is 41.7 Å². The van der Waals surface area contributed by atoms with Crippen molar-refractivity contribution in [1.29, 1.82) is 0 Å². The van der Waals surface area contributed by atoms with Gasteiger partial charge in [0, 0.05) is 0 Å². The van der Waals surface area contributed by atoms with E-state index in [4.69, 9.17) is 5.11 Å². The van der Waals surface area contributed by atoms with Gasteiger partial charge in [0.2, 0.25) is 0 Å². The number of hydrogen-bond donors (Lipinski definition) is 1. The first-order valence-corrected chi connectivity index (χ1v) is 8.63. The Hall–Kier alpha value is -1.80. The summed E-state index contributed by atoms with van der Waals surface area (Å²) in [5.41, 5.74) is 3.90. The maximum absolute atomic E-state index is 10.9. The minimum atomic E-state index is -0.883. The summed E-state index contributed by atoms with van der Waals surface area (Å²) in [6, 6.07) is 15.7. The molecule has 3 heteroatoms. The number of benzene rings is 2. The zero-order valence-electron chi connectivity index (χ0n) is 14.3. The molecule has 0 aliphatic heterocycles. The molecule has 0 fully saturated rings. The number of aromatic carboxylic acids is 1. The van der Waals surface area contributed by atoms with E-state index < -0.39 is 5.97 Å². The number of halogens is 1. The van der Waals surface area contributed by atoms with Crippen LogP contribution in [0.5, 0.6) is 0 Å². The molecular formula is C21H27ClO2. The lowest BCUT2D eigenvalue weighted by Crippen LogP contribution is -1.95. The predicted octanol–water partition coefficient (Wildman–Crippen LogP) is 6.38. The largest absolute Gasteiger partial charge is 0.478 e. The van der Waals surface area contributed by atoms with Crippen LogP contribution in [0.1, 0.15) is 61.4 Å². The Labute approximate surface area is 151 Å². The van der Waals surface area contributed by atoms with E-state index in [1.807, 2.05) is 12.1 Å². The van der Waals surface area contributed by atoms with Crippen molar-refractivity contribution in [3.8, 4) is 11.1 Å². The summed E-state index contributed by atoms with van der Waals surface area (Å²) in [6.45, 7) is 2.25. The van der Waals surface area contributed by atoms with E-state index in [0.29, 0.717) is 5.56 Å². The molecule has 0 amide bonds. The van der Waals surface area contributed by atoms with Crippen molar-refractivity contribution >= 4 is 18.4 Å². The second kappa shape index (κ2) is 10.9. The quantitative estimate of drug-likeness (QED) is 0.535. The maximum Gasteiger partial charge on any atom is 0.335 e. The standard InChI is InChI=1S/C21H26O2.ClH/c1-2-3-4-5-6-7-8-17-9-11-18(12-10-17)19-13-15-20(16-14-19)21(22)23;/h9-16H,2-8H2,1H3,(H,22,23);1H. The van der Waals surface area contributed by atoms with Crippen LogP contribution in [0.25, 0.3) is 11.1 Å². The highest BCUT2D eigenvalue weighted by Gasteiger charge is 2.03. The highest BCUT2D eigenvalue weighted by Crippen LogP contribution is 2.21. The third-order valence-corrected chi connectivity index (χ3v) is 4.24. The van der Waals surface area contributed by atoms with E-state index in [1.54, 1.807) is 12.1 Å². The van der Waals surface area contributed by atoms with E-state index in [1.165, 1.54) is 44.1 Å². The highest BCUT2D eigenvalue weighted by molar-refractivity contribution is 5.88. The first kappa shape index (κ1) is 20.2. The molecule has 0 aliphatic rings. The fourth-order valence-corrected chi connectivity index (χ4v) is 2.78. The molecule has 130 valence electrons. The second-order valence-corrected chi connectivity index (χ2v) is 6.10. The van der Waals surface area contributed by atoms with Crippen molar-refractivity contribution in [2.45, 2.75) is 51.9 Å². The van der Waals surface area contributed by atoms with Gasteiger partial charge in [0.05, 0.1) is 5.56 Å². The molecule has 2 aromatic carbocycles. The Bertz CT molecular complexity index is 603. The smallest absolute Gasteiger partial charge is 0.335 e. The summed E-state index contributed by atoms with van der Waals surface area (Å²) < 4.78 is 0. The van der Waals surface area contributed by atoms with Crippen molar-refractivity contribution in [3.05, 3.63) is 59.7 Å². The number of aryl methyl sites for hydroxylation is 1. The molecule has 2 aromatic rings. The summed E-state index contributed by atoms with van der Waals surface area (Å²) in [6.07, 6.45) is 9.09. The van der Waals surface area contributed by atoms with Crippen molar-refractivity contribution < 1.29 is 9.90 Å². The average molecular weight is 347 g/mol. The molecule has 0 saturated heterocycles. The van der Waals surface area contributed by atoms with Gasteiger partial charge in [-0.1, -0.05) is 75.4 Å². The van der Waals surface area contributed by atoms with Crippen LogP contribution in [0, 0.1) is 0 Å². The van der Waals surface area contributed by atoms with Gasteiger partial charge in [-0.2, -0.15) is 0 Å². The normalized spacial score (nSPS) is 10.2. The Kier molecular flexibility index (Phi) is 9.18. The summed E-state index contributed by atoms with van der Waals surface area (Å²) in [5, 5.41) is 8.93. The van der Waals surface area contributed by atoms with E-state index >= 15 is 0 Å². The maximum atomic E-state index is 10.9. The molecular weight excluding hydrogens is 320 g/mol. The minimum absolute atomic E-state index is 0. The van der Waals surface area contributed by atoms with Gasteiger partial charge in [0.1, 0.15) is 0 Å². The molecule has 24 heavy (non-hydrogen) atoms. The molecule has 2 rings (SSSR count). The van der Waals surface area contributed by atoms with E-state index in [9.17, 15) is 4.79 Å². The first-order chi connectivity index (χ1) is 11.2. The van der Waals surface area contributed by atoms with Gasteiger partial charge in [-0.15, -0.1) is 12.4 Å². The van der Waals surface area contributed by atoms with Gasteiger partial charge < -0.3 is 5.11 Å². The molecule has 0 atom stereocenters. The molecule has 0 aromatic heterocycles. The number of rotatable bonds is 9. The molecule has 0 aliphatic carbocycles. The SMILES string of the molecule is CCCCCCCCc1ccc(-c2ccc(C(=O)O)cc2)cc1.Cl. The number of hydrogen-bond acceptors (Lipinski definition) is 1. The molecule has 1 N–H and O–H groups in total. The van der Waals surface area contributed by atoms with Crippen LogP contribution in [0.4, 0.5) is 0 Å². The topological polar surface area (TPSA) is 37.3 Å². The molecule has 0 bridgehead atoms. The highest BCUT2D eigenvalue weighted by atomic mass is 35.5. The molecule has 0 unspecified atom stereocenters. The molecule has 0 radical (unpaired) electrons. The molecule has 0 spiro atoms. The minimum Gasteiger partial charge on any atom is -0.478 e. The Morgan fingerprint density at radius 2 is 1.29 bits per heavy atom. The lowest BCUT2D eigenvalue weighted by molar-refractivity contribution is 0.0697. The van der Waals surface area contributed by atoms with Gasteiger partial charge >= 0.3 is 5.97 Å². The van der Waals surface area contributed by atoms with Crippen LogP contribution in [0.2, 0.25) is 0 Å². The van der Waals surface area contributed by atoms with Crippen LogP contribution < -0.4 is 0 Å². The average Bonchev–Trinajstić information content (AvgIpc) is 2.58. The zero-order chi connectivity index (χ0) is 16.5. The summed E-state index contributed by atoms with van der Waals surface area (Å²) in [5.74, 6) is -0.883. The zero-order valence-corrected chi connectivity index (χ0v) is 15.1. The predicted molar refractivity (Wildman–Crippen MR) is 103 cm³/mol. The fraction of sp³-hybridized carbons (Fsp3) is 0.381. The van der Waals surface area contributed by atoms with Gasteiger partial charge in [-0.3, -0.25) is 0 Å². The number of carboxylic acids is 1. The lowest BCUT2D eigenvalue weighted by atomic mass is 10.00. The van der Waals surface area contributed by atoms with Crippen LogP contribution >= 0.6 is 12.4 Å². The van der Waals surface area contributed by atoms with E-state index in [2.05, 4.69) is 31.2 Å². The van der Waals surface area contributed by atoms with E-state index in [0.717, 1.165) is 17.5 Å². The van der Waals surface area contributed by atoms with Crippen molar-refractivity contribution in [1.82, 2.24) is 0 Å². The molecule has 0 saturated carbocycles. The van der Waals surface area contributed by atoms with Gasteiger partial charge in [0.15, 0.2) is 0 Å². The van der Waals surface area contributed by atoms with Crippen LogP contribution in [0.3, 0.4) is 0 Å². The molecule has 2 nitrogen and oxygen atoms in total. The number of carboxylic acid groups (broad SMARTS) is 1. The number of unbranched alkanes of at least 4 members (excludes halogenated alkanes) is 5. The second-order valence-electron chi connectivity index (χ2n) is 6.10. The Morgan fingerprint density at radius 3 is 1.83 bits per heavy atom. The number of carbonyl (C=O) groups is 1. The van der Waals surface area contributed by atoms with Crippen LogP contribution in [-0.2, 0) is 6.42 Å². The van der Waals surface area contributed by atoms with Crippen LogP contribution in [0.15, 0.2) is 48.5 Å². The summed E-state index contributed by atoms with van der Waals surface area (Å²) in [7, 11) is 0. The van der Waals surface area contributed by atoms with Crippen molar-refractivity contribution in [3.63, 3.8) is 0 Å². The van der Waals surface area contributed by atoms with Gasteiger partial charge in [0.25, 0.3) is 0 Å². The summed E-state index contributed by atoms with van der Waals surface area (Å²) >= 11 is 0. The van der Waals surface area contributed by atoms with Gasteiger partial charge in [-0.25, -0.2) is 4.79 Å². The van der Waals surface area contributed by atoms with Crippen molar-refractivity contribution in [2.24, 2.45) is 0 Å². The fourth-order valence-electron chi connectivity index (χ4n) is 2.78. The molecule has 0 heterocycles. The van der Waals surface area contributed by atoms with Crippen LogP contribution in [-0.4, -0.2) is 11.1 Å². The Morgan fingerprint density at radius 1 is 0.792 bits per heavy atom. The third-order valence-electron chi connectivity index (χ3n) is 4.24. The monoisotopic (exact) mass is 346 g/mol. The lowest BCUT2D eigenvalue weighted by Gasteiger charge is -2.05. The van der Waals surface area contributed by atoms with Crippen molar-refractivity contribution in [2.75, 3.05) is 0 Å². The Balaban J connectivity index is 0.00000288. The van der Waals surface area contributed by atoms with E-state index in [-0.39, 0.29) is 12.4 Å².